The van der Waals surface area contributed by atoms with Crippen LogP contribution in [-0.2, 0) is 15.7 Å². The molecule has 1 aromatic carbocycles. The highest BCUT2D eigenvalue weighted by molar-refractivity contribution is 5.83. The summed E-state index contributed by atoms with van der Waals surface area (Å²) in [6, 6.07) is 4.84. The minimum atomic E-state index is -4.40. The Morgan fingerprint density at radius 1 is 1.33 bits per heavy atom. The Balaban J connectivity index is 2.91. The minimum absolute atomic E-state index is 0.248. The predicted molar refractivity (Wildman–Crippen MR) is 74.7 cm³/mol. The van der Waals surface area contributed by atoms with Crippen molar-refractivity contribution in [2.24, 2.45) is 0 Å². The average Bonchev–Trinajstić information content (AvgIpc) is 2.38. The number of ether oxygens (including phenoxy) is 1. The topological polar surface area (TPSA) is 38.3 Å². The highest BCUT2D eigenvalue weighted by Crippen LogP contribution is 2.31. The Kier molecular flexibility index (Phi) is 6.27. The summed E-state index contributed by atoms with van der Waals surface area (Å²) in [6.45, 7) is 3.84. The predicted octanol–water partition coefficient (Wildman–Crippen LogP) is 4.36. The van der Waals surface area contributed by atoms with Crippen LogP contribution >= 0.6 is 0 Å². The summed E-state index contributed by atoms with van der Waals surface area (Å²) in [5, 5.41) is 2.84. The molecule has 1 aromatic rings. The van der Waals surface area contributed by atoms with Crippen molar-refractivity contribution in [3.05, 3.63) is 41.6 Å². The Morgan fingerprint density at radius 3 is 2.62 bits per heavy atom. The van der Waals surface area contributed by atoms with Crippen LogP contribution in [0.15, 0.2) is 36.0 Å². The fraction of sp³-hybridized carbons (Fsp3) is 0.400. The lowest BCUT2D eigenvalue weighted by Crippen LogP contribution is -2.08. The van der Waals surface area contributed by atoms with Gasteiger partial charge in [0.2, 0.25) is 0 Å². The molecular formula is C15H18F3NO2. The van der Waals surface area contributed by atoms with Gasteiger partial charge in [-0.15, -0.1) is 0 Å². The standard InChI is InChI=1S/C15H18F3NO2/c1-3-6-12(10-14(20)21-4-2)19-13-8-5-7-11(9-13)15(16,17)18/h5,7-10,19H,3-4,6H2,1-2H3. The van der Waals surface area contributed by atoms with Crippen LogP contribution in [0.4, 0.5) is 18.9 Å². The first-order valence-corrected chi connectivity index (χ1v) is 6.68. The van der Waals surface area contributed by atoms with E-state index in [2.05, 4.69) is 5.32 Å². The summed E-state index contributed by atoms with van der Waals surface area (Å²) in [7, 11) is 0. The fourth-order valence-electron chi connectivity index (χ4n) is 1.72. The van der Waals surface area contributed by atoms with E-state index in [0.29, 0.717) is 12.1 Å². The molecule has 0 spiro atoms. The first-order chi connectivity index (χ1) is 9.86. The summed E-state index contributed by atoms with van der Waals surface area (Å²) in [4.78, 5) is 11.4. The Labute approximate surface area is 121 Å². The molecule has 0 amide bonds. The van der Waals surface area contributed by atoms with E-state index in [4.69, 9.17) is 4.74 Å². The number of alkyl halides is 3. The molecule has 1 rings (SSSR count). The van der Waals surface area contributed by atoms with Gasteiger partial charge in [-0.3, -0.25) is 0 Å². The van der Waals surface area contributed by atoms with Gasteiger partial charge in [0.15, 0.2) is 0 Å². The second-order valence-electron chi connectivity index (χ2n) is 4.38. The number of benzene rings is 1. The monoisotopic (exact) mass is 301 g/mol. The van der Waals surface area contributed by atoms with Gasteiger partial charge in [0.05, 0.1) is 12.2 Å². The third-order valence-electron chi connectivity index (χ3n) is 2.59. The summed E-state index contributed by atoms with van der Waals surface area (Å²) < 4.78 is 42.7. The molecule has 1 N–H and O–H groups in total. The number of halogens is 3. The number of hydrogen-bond acceptors (Lipinski definition) is 3. The molecule has 0 aromatic heterocycles. The molecule has 0 atom stereocenters. The van der Waals surface area contributed by atoms with Gasteiger partial charge >= 0.3 is 12.1 Å². The zero-order chi connectivity index (χ0) is 15.9. The molecule has 0 heterocycles. The van der Waals surface area contributed by atoms with Crippen LogP contribution in [0.2, 0.25) is 0 Å². The quantitative estimate of drug-likeness (QED) is 0.626. The molecule has 0 radical (unpaired) electrons. The van der Waals surface area contributed by atoms with E-state index in [0.717, 1.165) is 18.6 Å². The van der Waals surface area contributed by atoms with Crippen LogP contribution in [0.1, 0.15) is 32.3 Å². The summed E-state index contributed by atoms with van der Waals surface area (Å²) in [6.07, 6.45) is -1.84. The lowest BCUT2D eigenvalue weighted by Gasteiger charge is -2.13. The molecule has 0 unspecified atom stereocenters. The summed E-state index contributed by atoms with van der Waals surface area (Å²) >= 11 is 0. The van der Waals surface area contributed by atoms with Gasteiger partial charge in [-0.1, -0.05) is 19.4 Å². The van der Waals surface area contributed by atoms with Gasteiger partial charge < -0.3 is 10.1 Å². The fourth-order valence-corrected chi connectivity index (χ4v) is 1.72. The zero-order valence-electron chi connectivity index (χ0n) is 12.0. The zero-order valence-corrected chi connectivity index (χ0v) is 12.0. The largest absolute Gasteiger partial charge is 0.463 e. The van der Waals surface area contributed by atoms with E-state index in [1.165, 1.54) is 18.2 Å². The van der Waals surface area contributed by atoms with Crippen molar-refractivity contribution in [3.63, 3.8) is 0 Å². The first kappa shape index (κ1) is 17.1. The highest BCUT2D eigenvalue weighted by Gasteiger charge is 2.30. The molecule has 0 bridgehead atoms. The number of anilines is 1. The van der Waals surface area contributed by atoms with Crippen molar-refractivity contribution in [2.45, 2.75) is 32.9 Å². The minimum Gasteiger partial charge on any atom is -0.463 e. The number of hydrogen-bond donors (Lipinski definition) is 1. The molecule has 21 heavy (non-hydrogen) atoms. The van der Waals surface area contributed by atoms with Crippen LogP contribution < -0.4 is 5.32 Å². The van der Waals surface area contributed by atoms with Crippen molar-refractivity contribution in [3.8, 4) is 0 Å². The van der Waals surface area contributed by atoms with Crippen LogP contribution in [-0.4, -0.2) is 12.6 Å². The molecule has 6 heteroatoms. The Morgan fingerprint density at radius 2 is 2.05 bits per heavy atom. The van der Waals surface area contributed by atoms with Crippen molar-refractivity contribution in [2.75, 3.05) is 11.9 Å². The lowest BCUT2D eigenvalue weighted by molar-refractivity contribution is -0.138. The van der Waals surface area contributed by atoms with Gasteiger partial charge in [0.1, 0.15) is 0 Å². The number of nitrogens with one attached hydrogen (secondary N) is 1. The lowest BCUT2D eigenvalue weighted by atomic mass is 10.1. The van der Waals surface area contributed by atoms with E-state index >= 15 is 0 Å². The molecule has 0 aliphatic rings. The molecule has 0 aliphatic carbocycles. The third kappa shape index (κ3) is 5.89. The summed E-state index contributed by atoms with van der Waals surface area (Å²) in [5.41, 5.74) is 0.0728. The van der Waals surface area contributed by atoms with Gasteiger partial charge in [-0.2, -0.15) is 13.2 Å². The molecule has 0 saturated carbocycles. The molecule has 3 nitrogen and oxygen atoms in total. The Bertz CT molecular complexity index is 510. The van der Waals surface area contributed by atoms with Gasteiger partial charge in [0, 0.05) is 17.5 Å². The number of carbonyl (C=O) groups excluding carboxylic acids is 1. The maximum atomic E-state index is 12.6. The van der Waals surface area contributed by atoms with Gasteiger partial charge in [-0.25, -0.2) is 4.79 Å². The second-order valence-corrected chi connectivity index (χ2v) is 4.38. The summed E-state index contributed by atoms with van der Waals surface area (Å²) in [5.74, 6) is -0.513. The number of carbonyl (C=O) groups is 1. The Hall–Kier alpha value is -1.98. The SMILES string of the molecule is CCCC(=CC(=O)OCC)Nc1cccc(C(F)(F)F)c1. The highest BCUT2D eigenvalue weighted by atomic mass is 19.4. The van der Waals surface area contributed by atoms with E-state index in [1.54, 1.807) is 6.92 Å². The van der Waals surface area contributed by atoms with E-state index in [9.17, 15) is 18.0 Å². The number of allylic oxidation sites excluding steroid dienone is 1. The molecule has 0 aliphatic heterocycles. The normalized spacial score (nSPS) is 12.1. The van der Waals surface area contributed by atoms with Gasteiger partial charge in [0.25, 0.3) is 0 Å². The maximum absolute atomic E-state index is 12.6. The van der Waals surface area contributed by atoms with E-state index in [-0.39, 0.29) is 12.3 Å². The van der Waals surface area contributed by atoms with Crippen LogP contribution in [0.25, 0.3) is 0 Å². The number of rotatable bonds is 6. The molecule has 0 saturated heterocycles. The first-order valence-electron chi connectivity index (χ1n) is 6.68. The molecular weight excluding hydrogens is 283 g/mol. The third-order valence-corrected chi connectivity index (χ3v) is 2.59. The number of esters is 1. The molecule has 0 fully saturated rings. The van der Waals surface area contributed by atoms with E-state index < -0.39 is 17.7 Å². The second kappa shape index (κ2) is 7.71. The van der Waals surface area contributed by atoms with Crippen molar-refractivity contribution in [1.82, 2.24) is 0 Å². The van der Waals surface area contributed by atoms with Crippen LogP contribution in [0.5, 0.6) is 0 Å². The van der Waals surface area contributed by atoms with Crippen molar-refractivity contribution in [1.29, 1.82) is 0 Å². The molecule has 116 valence electrons. The van der Waals surface area contributed by atoms with Crippen LogP contribution in [0.3, 0.4) is 0 Å². The smallest absolute Gasteiger partial charge is 0.416 e. The van der Waals surface area contributed by atoms with Gasteiger partial charge in [-0.05, 0) is 31.5 Å². The maximum Gasteiger partial charge on any atom is 0.416 e. The van der Waals surface area contributed by atoms with E-state index in [1.807, 2.05) is 6.92 Å². The van der Waals surface area contributed by atoms with Crippen molar-refractivity contribution >= 4 is 11.7 Å². The van der Waals surface area contributed by atoms with Crippen LogP contribution in [0, 0.1) is 0 Å². The average molecular weight is 301 g/mol. The van der Waals surface area contributed by atoms with Crippen molar-refractivity contribution < 1.29 is 22.7 Å².